The van der Waals surface area contributed by atoms with Gasteiger partial charge in [0.25, 0.3) is 6.43 Å². The van der Waals surface area contributed by atoms with Crippen LogP contribution in [0.15, 0.2) is 29.2 Å². The van der Waals surface area contributed by atoms with Crippen LogP contribution >= 0.6 is 12.6 Å². The van der Waals surface area contributed by atoms with E-state index in [0.29, 0.717) is 5.92 Å². The van der Waals surface area contributed by atoms with Gasteiger partial charge in [0, 0.05) is 4.90 Å². The van der Waals surface area contributed by atoms with E-state index in [2.05, 4.69) is 24.8 Å². The van der Waals surface area contributed by atoms with Crippen molar-refractivity contribution in [1.82, 2.24) is 4.90 Å². The smallest absolute Gasteiger partial charge is 0.251 e. The second kappa shape index (κ2) is 5.83. The molecule has 1 aromatic rings. The first-order valence-corrected chi connectivity index (χ1v) is 6.39. The Kier molecular flexibility index (Phi) is 4.40. The summed E-state index contributed by atoms with van der Waals surface area (Å²) in [5.41, 5.74) is 1.31. The van der Waals surface area contributed by atoms with Crippen molar-refractivity contribution in [2.24, 2.45) is 0 Å². The Morgan fingerprint density at radius 2 is 1.76 bits per heavy atom. The molecule has 0 spiro atoms. The van der Waals surface area contributed by atoms with Crippen molar-refractivity contribution in [3.63, 3.8) is 0 Å². The molecule has 0 aliphatic carbocycles. The highest BCUT2D eigenvalue weighted by Crippen LogP contribution is 2.28. The molecule has 1 saturated heterocycles. The van der Waals surface area contributed by atoms with Gasteiger partial charge in [-0.15, -0.1) is 12.6 Å². The van der Waals surface area contributed by atoms with Crippen molar-refractivity contribution < 1.29 is 8.78 Å². The number of hydrogen-bond donors (Lipinski definition) is 1. The first kappa shape index (κ1) is 12.8. The van der Waals surface area contributed by atoms with E-state index in [1.54, 1.807) is 0 Å². The summed E-state index contributed by atoms with van der Waals surface area (Å²) in [7, 11) is 0. The van der Waals surface area contributed by atoms with E-state index in [1.807, 2.05) is 17.0 Å². The summed E-state index contributed by atoms with van der Waals surface area (Å²) in [5.74, 6) is 0.512. The number of nitrogens with zero attached hydrogens (tertiary/aromatic N) is 1. The molecule has 1 heterocycles. The first-order valence-electron chi connectivity index (χ1n) is 5.94. The van der Waals surface area contributed by atoms with Crippen LogP contribution in [0.25, 0.3) is 0 Å². The van der Waals surface area contributed by atoms with Crippen molar-refractivity contribution in [2.45, 2.75) is 30.1 Å². The molecule has 4 heteroatoms. The number of piperidine rings is 1. The van der Waals surface area contributed by atoms with Crippen LogP contribution in [0, 0.1) is 0 Å². The van der Waals surface area contributed by atoms with E-state index in [1.165, 1.54) is 5.56 Å². The lowest BCUT2D eigenvalue weighted by Crippen LogP contribution is -2.36. The molecule has 1 fully saturated rings. The van der Waals surface area contributed by atoms with E-state index in [9.17, 15) is 8.78 Å². The monoisotopic (exact) mass is 257 g/mol. The fourth-order valence-electron chi connectivity index (χ4n) is 2.39. The number of likely N-dealkylation sites (tertiary alicyclic amines) is 1. The predicted molar refractivity (Wildman–Crippen MR) is 68.1 cm³/mol. The zero-order valence-corrected chi connectivity index (χ0v) is 10.5. The maximum absolute atomic E-state index is 12.2. The average Bonchev–Trinajstić information content (AvgIpc) is 2.30. The van der Waals surface area contributed by atoms with Crippen molar-refractivity contribution in [3.05, 3.63) is 29.8 Å². The quantitative estimate of drug-likeness (QED) is 0.812. The second-order valence-electron chi connectivity index (χ2n) is 4.56. The third-order valence-electron chi connectivity index (χ3n) is 3.35. The number of benzene rings is 1. The van der Waals surface area contributed by atoms with Crippen LogP contribution in [-0.2, 0) is 0 Å². The maximum atomic E-state index is 12.2. The Balaban J connectivity index is 1.88. The SMILES string of the molecule is FC(F)CN1CCC(c2ccc(S)cc2)CC1. The van der Waals surface area contributed by atoms with Gasteiger partial charge in [-0.1, -0.05) is 12.1 Å². The van der Waals surface area contributed by atoms with E-state index < -0.39 is 6.43 Å². The van der Waals surface area contributed by atoms with Crippen LogP contribution in [0.3, 0.4) is 0 Å². The van der Waals surface area contributed by atoms with Crippen LogP contribution in [0.1, 0.15) is 24.3 Å². The molecule has 2 rings (SSSR count). The number of alkyl halides is 2. The molecule has 0 radical (unpaired) electrons. The van der Waals surface area contributed by atoms with Crippen LogP contribution in [-0.4, -0.2) is 31.0 Å². The van der Waals surface area contributed by atoms with Gasteiger partial charge < -0.3 is 0 Å². The molecular formula is C13H17F2NS. The van der Waals surface area contributed by atoms with Gasteiger partial charge in [-0.2, -0.15) is 0 Å². The van der Waals surface area contributed by atoms with Gasteiger partial charge in [-0.05, 0) is 49.5 Å². The molecule has 0 amide bonds. The predicted octanol–water partition coefficient (Wildman–Crippen LogP) is 3.42. The summed E-state index contributed by atoms with van der Waals surface area (Å²) in [5, 5.41) is 0. The minimum absolute atomic E-state index is 0.0811. The van der Waals surface area contributed by atoms with Crippen LogP contribution in [0.4, 0.5) is 8.78 Å². The first-order chi connectivity index (χ1) is 8.15. The van der Waals surface area contributed by atoms with Gasteiger partial charge in [-0.25, -0.2) is 8.78 Å². The zero-order valence-electron chi connectivity index (χ0n) is 9.65. The Hall–Kier alpha value is -0.610. The highest BCUT2D eigenvalue weighted by Gasteiger charge is 2.22. The van der Waals surface area contributed by atoms with Crippen molar-refractivity contribution in [1.29, 1.82) is 0 Å². The Bertz CT molecular complexity index is 345. The Morgan fingerprint density at radius 3 is 2.29 bits per heavy atom. The molecule has 0 unspecified atom stereocenters. The molecule has 0 bridgehead atoms. The fraction of sp³-hybridized carbons (Fsp3) is 0.538. The molecule has 0 N–H and O–H groups in total. The minimum Gasteiger partial charge on any atom is -0.298 e. The van der Waals surface area contributed by atoms with Gasteiger partial charge in [0.05, 0.1) is 6.54 Å². The molecule has 1 nitrogen and oxygen atoms in total. The number of rotatable bonds is 3. The van der Waals surface area contributed by atoms with Crippen molar-refractivity contribution >= 4 is 12.6 Å². The summed E-state index contributed by atoms with van der Waals surface area (Å²) >= 11 is 4.26. The summed E-state index contributed by atoms with van der Waals surface area (Å²) in [6.07, 6.45) is -0.271. The van der Waals surface area contributed by atoms with Gasteiger partial charge in [0.2, 0.25) is 0 Å². The fourth-order valence-corrected chi connectivity index (χ4v) is 2.54. The summed E-state index contributed by atoms with van der Waals surface area (Å²) < 4.78 is 24.5. The minimum atomic E-state index is -2.21. The maximum Gasteiger partial charge on any atom is 0.251 e. The lowest BCUT2D eigenvalue weighted by atomic mass is 9.89. The van der Waals surface area contributed by atoms with Gasteiger partial charge in [0.15, 0.2) is 0 Å². The van der Waals surface area contributed by atoms with Crippen molar-refractivity contribution in [3.8, 4) is 0 Å². The summed E-state index contributed by atoms with van der Waals surface area (Å²) in [6, 6.07) is 8.17. The van der Waals surface area contributed by atoms with Crippen LogP contribution in [0.5, 0.6) is 0 Å². The lowest BCUT2D eigenvalue weighted by molar-refractivity contribution is 0.0754. The zero-order chi connectivity index (χ0) is 12.3. The molecule has 1 aromatic carbocycles. The van der Waals surface area contributed by atoms with E-state index in [-0.39, 0.29) is 6.54 Å². The van der Waals surface area contributed by atoms with E-state index in [0.717, 1.165) is 30.8 Å². The highest BCUT2D eigenvalue weighted by atomic mass is 32.1. The van der Waals surface area contributed by atoms with Gasteiger partial charge in [-0.3, -0.25) is 4.90 Å². The van der Waals surface area contributed by atoms with Gasteiger partial charge >= 0.3 is 0 Å². The lowest BCUT2D eigenvalue weighted by Gasteiger charge is -2.31. The molecular weight excluding hydrogens is 240 g/mol. The largest absolute Gasteiger partial charge is 0.298 e. The molecule has 0 saturated carbocycles. The molecule has 17 heavy (non-hydrogen) atoms. The Labute approximate surface area is 106 Å². The van der Waals surface area contributed by atoms with Crippen LogP contribution < -0.4 is 0 Å². The third-order valence-corrected chi connectivity index (χ3v) is 3.65. The molecule has 1 aliphatic heterocycles. The molecule has 0 atom stereocenters. The van der Waals surface area contributed by atoms with Crippen molar-refractivity contribution in [2.75, 3.05) is 19.6 Å². The average molecular weight is 257 g/mol. The Morgan fingerprint density at radius 1 is 1.18 bits per heavy atom. The number of hydrogen-bond acceptors (Lipinski definition) is 2. The van der Waals surface area contributed by atoms with Crippen LogP contribution in [0.2, 0.25) is 0 Å². The summed E-state index contributed by atoms with van der Waals surface area (Å²) in [4.78, 5) is 2.82. The third kappa shape index (κ3) is 3.68. The molecule has 1 aliphatic rings. The standard InChI is InChI=1S/C13H17F2NS/c14-13(15)9-16-7-5-11(6-8-16)10-1-3-12(17)4-2-10/h1-4,11,13,17H,5-9H2. The second-order valence-corrected chi connectivity index (χ2v) is 5.07. The summed E-state index contributed by atoms with van der Waals surface area (Å²) in [6.45, 7) is 1.47. The number of halogens is 2. The molecule has 94 valence electrons. The number of thiol groups is 1. The topological polar surface area (TPSA) is 3.24 Å². The normalized spacial score (nSPS) is 18.8. The highest BCUT2D eigenvalue weighted by molar-refractivity contribution is 7.80. The van der Waals surface area contributed by atoms with E-state index in [4.69, 9.17) is 0 Å². The molecule has 0 aromatic heterocycles. The van der Waals surface area contributed by atoms with Gasteiger partial charge in [0.1, 0.15) is 0 Å². The van der Waals surface area contributed by atoms with E-state index >= 15 is 0 Å².